The highest BCUT2D eigenvalue weighted by molar-refractivity contribution is 5.91. The number of nitrogens with zero attached hydrogens (tertiary/aromatic N) is 3. The summed E-state index contributed by atoms with van der Waals surface area (Å²) in [5.41, 5.74) is 0.676. The Morgan fingerprint density at radius 2 is 2.18 bits per heavy atom. The van der Waals surface area contributed by atoms with E-state index >= 15 is 0 Å². The first-order valence-corrected chi connectivity index (χ1v) is 7.20. The van der Waals surface area contributed by atoms with Gasteiger partial charge in [0.25, 0.3) is 5.69 Å². The summed E-state index contributed by atoms with van der Waals surface area (Å²) in [4.78, 5) is 19.3. The fraction of sp³-hybridized carbons (Fsp3) is 0.333. The maximum atomic E-state index is 10.9. The molecule has 0 aliphatic rings. The highest BCUT2D eigenvalue weighted by Gasteiger charge is 2.12. The second kappa shape index (κ2) is 7.35. The van der Waals surface area contributed by atoms with Gasteiger partial charge < -0.3 is 10.6 Å². The van der Waals surface area contributed by atoms with Crippen LogP contribution in [-0.2, 0) is 0 Å². The van der Waals surface area contributed by atoms with Crippen molar-refractivity contribution in [2.24, 2.45) is 0 Å². The van der Waals surface area contributed by atoms with E-state index in [-0.39, 0.29) is 5.69 Å². The van der Waals surface area contributed by atoms with E-state index in [1.54, 1.807) is 12.1 Å². The summed E-state index contributed by atoms with van der Waals surface area (Å²) in [6, 6.07) is 4.57. The number of hydrogen-bond acceptors (Lipinski definition) is 6. The summed E-state index contributed by atoms with van der Waals surface area (Å²) in [5, 5.41) is 17.8. The zero-order valence-corrected chi connectivity index (χ0v) is 12.5. The second-order valence-electron chi connectivity index (χ2n) is 4.80. The van der Waals surface area contributed by atoms with Gasteiger partial charge in [-0.3, -0.25) is 10.1 Å². The lowest BCUT2D eigenvalue weighted by Crippen LogP contribution is -2.09. The molecule has 22 heavy (non-hydrogen) atoms. The monoisotopic (exact) mass is 301 g/mol. The standard InChI is InChI=1S/C15H19N5O2/c1-3-5-9-17-15-18-13-7-6-11(20(21)22)10-12(13)14(19-15)16-8-4-2/h4,6-7,10H,2-3,5,8-9H2,1H3,(H2,16,17,18,19). The first-order chi connectivity index (χ1) is 10.7. The molecule has 2 rings (SSSR count). The highest BCUT2D eigenvalue weighted by atomic mass is 16.6. The fourth-order valence-corrected chi connectivity index (χ4v) is 1.99. The van der Waals surface area contributed by atoms with E-state index in [1.165, 1.54) is 12.1 Å². The topological polar surface area (TPSA) is 93.0 Å². The molecule has 1 aromatic carbocycles. The Hall–Kier alpha value is -2.70. The maximum Gasteiger partial charge on any atom is 0.270 e. The molecule has 0 unspecified atom stereocenters. The van der Waals surface area contributed by atoms with Gasteiger partial charge in [0.1, 0.15) is 5.82 Å². The van der Waals surface area contributed by atoms with Crippen LogP contribution in [0.2, 0.25) is 0 Å². The lowest BCUT2D eigenvalue weighted by Gasteiger charge is -2.10. The third-order valence-corrected chi connectivity index (χ3v) is 3.12. The van der Waals surface area contributed by atoms with Crippen LogP contribution in [0.15, 0.2) is 30.9 Å². The molecule has 0 saturated carbocycles. The minimum atomic E-state index is -0.426. The molecule has 2 N–H and O–H groups in total. The Morgan fingerprint density at radius 1 is 1.36 bits per heavy atom. The molecule has 0 amide bonds. The summed E-state index contributed by atoms with van der Waals surface area (Å²) in [5.74, 6) is 1.08. The van der Waals surface area contributed by atoms with Gasteiger partial charge in [0, 0.05) is 30.6 Å². The Kier molecular flexibility index (Phi) is 5.24. The quantitative estimate of drug-likeness (QED) is 0.336. The Morgan fingerprint density at radius 3 is 2.86 bits per heavy atom. The largest absolute Gasteiger partial charge is 0.366 e. The Bertz CT molecular complexity index is 687. The van der Waals surface area contributed by atoms with Crippen molar-refractivity contribution in [2.75, 3.05) is 23.7 Å². The molecule has 0 saturated heterocycles. The number of nitro benzene ring substituents is 1. The number of rotatable bonds is 8. The van der Waals surface area contributed by atoms with E-state index in [1.807, 2.05) is 0 Å². The van der Waals surface area contributed by atoms with Crippen molar-refractivity contribution >= 4 is 28.4 Å². The summed E-state index contributed by atoms with van der Waals surface area (Å²) in [6.07, 6.45) is 3.81. The van der Waals surface area contributed by atoms with Crippen molar-refractivity contribution in [1.29, 1.82) is 0 Å². The van der Waals surface area contributed by atoms with Crippen LogP contribution in [0.3, 0.4) is 0 Å². The molecule has 0 spiro atoms. The predicted octanol–water partition coefficient (Wildman–Crippen LogP) is 3.35. The van der Waals surface area contributed by atoms with Crippen molar-refractivity contribution in [3.8, 4) is 0 Å². The van der Waals surface area contributed by atoms with Crippen LogP contribution in [0.4, 0.5) is 17.5 Å². The smallest absolute Gasteiger partial charge is 0.270 e. The number of aromatic nitrogens is 2. The van der Waals surface area contributed by atoms with Crippen molar-refractivity contribution in [1.82, 2.24) is 9.97 Å². The van der Waals surface area contributed by atoms with Gasteiger partial charge >= 0.3 is 0 Å². The van der Waals surface area contributed by atoms with Crippen molar-refractivity contribution in [3.63, 3.8) is 0 Å². The van der Waals surface area contributed by atoms with Crippen LogP contribution in [0.5, 0.6) is 0 Å². The van der Waals surface area contributed by atoms with Crippen molar-refractivity contribution in [3.05, 3.63) is 41.0 Å². The molecule has 0 radical (unpaired) electrons. The molecule has 0 atom stereocenters. The summed E-state index contributed by atoms with van der Waals surface area (Å²) < 4.78 is 0. The van der Waals surface area contributed by atoms with Gasteiger partial charge in [0.15, 0.2) is 0 Å². The normalized spacial score (nSPS) is 10.4. The fourth-order valence-electron chi connectivity index (χ4n) is 1.99. The minimum Gasteiger partial charge on any atom is -0.366 e. The first kappa shape index (κ1) is 15.7. The molecule has 0 aliphatic carbocycles. The molecule has 1 heterocycles. The average Bonchev–Trinajstić information content (AvgIpc) is 2.52. The van der Waals surface area contributed by atoms with Crippen LogP contribution in [-0.4, -0.2) is 28.0 Å². The molecule has 2 aromatic rings. The molecular weight excluding hydrogens is 282 g/mol. The lowest BCUT2D eigenvalue weighted by molar-refractivity contribution is -0.384. The summed E-state index contributed by atoms with van der Waals surface area (Å²) >= 11 is 0. The number of fused-ring (bicyclic) bond motifs is 1. The van der Waals surface area contributed by atoms with Gasteiger partial charge in [-0.25, -0.2) is 4.98 Å². The molecule has 0 aliphatic heterocycles. The van der Waals surface area contributed by atoms with E-state index < -0.39 is 4.92 Å². The summed E-state index contributed by atoms with van der Waals surface area (Å²) in [7, 11) is 0. The van der Waals surface area contributed by atoms with Gasteiger partial charge in [-0.05, 0) is 12.5 Å². The average molecular weight is 301 g/mol. The van der Waals surface area contributed by atoms with Crippen LogP contribution in [0.25, 0.3) is 10.9 Å². The number of unbranched alkanes of at least 4 members (excludes halogenated alkanes) is 1. The highest BCUT2D eigenvalue weighted by Crippen LogP contribution is 2.26. The molecule has 0 bridgehead atoms. The third-order valence-electron chi connectivity index (χ3n) is 3.12. The van der Waals surface area contributed by atoms with Gasteiger partial charge in [-0.15, -0.1) is 6.58 Å². The molecule has 1 aromatic heterocycles. The zero-order valence-electron chi connectivity index (χ0n) is 12.5. The number of non-ortho nitro benzene ring substituents is 1. The SMILES string of the molecule is C=CCNc1nc(NCCCC)nc2ccc([N+](=O)[O-])cc12. The molecule has 7 heteroatoms. The van der Waals surface area contributed by atoms with Crippen molar-refractivity contribution < 1.29 is 4.92 Å². The first-order valence-electron chi connectivity index (χ1n) is 7.20. The van der Waals surface area contributed by atoms with E-state index in [4.69, 9.17) is 0 Å². The van der Waals surface area contributed by atoms with Gasteiger partial charge in [-0.2, -0.15) is 4.98 Å². The lowest BCUT2D eigenvalue weighted by atomic mass is 10.2. The number of nitrogens with one attached hydrogen (secondary N) is 2. The third kappa shape index (κ3) is 3.69. The van der Waals surface area contributed by atoms with Gasteiger partial charge in [0.05, 0.1) is 10.4 Å². The Balaban J connectivity index is 2.42. The number of hydrogen-bond donors (Lipinski definition) is 2. The molecule has 0 fully saturated rings. The van der Waals surface area contributed by atoms with E-state index in [9.17, 15) is 10.1 Å². The zero-order chi connectivity index (χ0) is 15.9. The van der Waals surface area contributed by atoms with Gasteiger partial charge in [-0.1, -0.05) is 19.4 Å². The second-order valence-corrected chi connectivity index (χ2v) is 4.80. The number of nitro groups is 1. The summed E-state index contributed by atoms with van der Waals surface area (Å²) in [6.45, 7) is 7.07. The van der Waals surface area contributed by atoms with Crippen LogP contribution in [0, 0.1) is 10.1 Å². The van der Waals surface area contributed by atoms with Gasteiger partial charge in [0.2, 0.25) is 5.95 Å². The minimum absolute atomic E-state index is 0.0180. The molecular formula is C15H19N5O2. The Labute approximate surface area is 128 Å². The van der Waals surface area contributed by atoms with Crippen LogP contribution in [0.1, 0.15) is 19.8 Å². The number of benzene rings is 1. The van der Waals surface area contributed by atoms with Crippen molar-refractivity contribution in [2.45, 2.75) is 19.8 Å². The van der Waals surface area contributed by atoms with E-state index in [0.717, 1.165) is 19.4 Å². The van der Waals surface area contributed by atoms with Crippen LogP contribution < -0.4 is 10.6 Å². The van der Waals surface area contributed by atoms with E-state index in [0.29, 0.717) is 29.2 Å². The van der Waals surface area contributed by atoms with E-state index in [2.05, 4.69) is 34.1 Å². The molecule has 7 nitrogen and oxygen atoms in total. The molecule has 116 valence electrons. The maximum absolute atomic E-state index is 10.9. The number of anilines is 2. The van der Waals surface area contributed by atoms with Crippen LogP contribution >= 0.6 is 0 Å². The predicted molar refractivity (Wildman–Crippen MR) is 88.3 cm³/mol.